The van der Waals surface area contributed by atoms with E-state index in [9.17, 15) is 84.3 Å². The van der Waals surface area contributed by atoms with E-state index in [4.69, 9.17) is 0 Å². The van der Waals surface area contributed by atoms with Crippen molar-refractivity contribution in [3.05, 3.63) is 215 Å². The maximum absolute atomic E-state index is 15.0. The van der Waals surface area contributed by atoms with Crippen LogP contribution in [0.4, 0.5) is 79.0 Å². The van der Waals surface area contributed by atoms with Crippen molar-refractivity contribution in [1.29, 1.82) is 5.26 Å². The molecule has 2 aromatic heterocycles. The van der Waals surface area contributed by atoms with Gasteiger partial charge >= 0.3 is 37.1 Å². The minimum atomic E-state index is -5.38. The van der Waals surface area contributed by atoms with Gasteiger partial charge in [0.2, 0.25) is 0 Å². The molecule has 9 aromatic carbocycles. The number of rotatable bonds is 6. The van der Waals surface area contributed by atoms with Gasteiger partial charge in [-0.1, -0.05) is 72.8 Å². The molecule has 0 saturated carbocycles. The summed E-state index contributed by atoms with van der Waals surface area (Å²) in [5.74, 6) is 0. The molecule has 0 aliphatic heterocycles. The number of para-hydroxylation sites is 2. The second-order valence-corrected chi connectivity index (χ2v) is 19.0. The molecular formula is C61H29F18N3. The molecule has 0 unspecified atom stereocenters. The second kappa shape index (κ2) is 19.0. The number of benzene rings is 9. The van der Waals surface area contributed by atoms with Crippen molar-refractivity contribution in [3.63, 3.8) is 0 Å². The number of hydrogen-bond acceptors (Lipinski definition) is 1. The molecule has 414 valence electrons. The molecule has 3 nitrogen and oxygen atoms in total. The summed E-state index contributed by atoms with van der Waals surface area (Å²) in [5.41, 5.74) is -12.6. The van der Waals surface area contributed by atoms with Gasteiger partial charge in [-0.25, -0.2) is 0 Å². The molecule has 0 saturated heterocycles. The van der Waals surface area contributed by atoms with Crippen LogP contribution in [0.25, 0.3) is 99.5 Å². The highest BCUT2D eigenvalue weighted by atomic mass is 19.4. The van der Waals surface area contributed by atoms with E-state index in [0.29, 0.717) is 58.8 Å². The normalized spacial score (nSPS) is 13.0. The van der Waals surface area contributed by atoms with Crippen LogP contribution < -0.4 is 0 Å². The van der Waals surface area contributed by atoms with Crippen LogP contribution in [-0.2, 0) is 37.1 Å². The molecule has 0 atom stereocenters. The van der Waals surface area contributed by atoms with Crippen molar-refractivity contribution in [2.45, 2.75) is 37.1 Å². The number of fused-ring (bicyclic) bond motifs is 6. The van der Waals surface area contributed by atoms with Crippen molar-refractivity contribution in [2.75, 3.05) is 0 Å². The molecular weight excluding hydrogens is 1120 g/mol. The van der Waals surface area contributed by atoms with E-state index in [0.717, 1.165) is 12.1 Å². The molecule has 2 heterocycles. The van der Waals surface area contributed by atoms with Gasteiger partial charge in [-0.05, 0) is 131 Å². The van der Waals surface area contributed by atoms with E-state index < -0.39 is 92.7 Å². The standard InChI is InChI=1S/C61H29F18N3/c62-56(63,64)35-16-18-37(47(28-35)60(74,75)76)32-13-21-52-42(25-32)39-6-1-3-10-49(39)81(52)51-20-12-31(30-80)24-41(51)44-27-34(55-45(58(68,69)70)8-5-9-46(55)59(71,72)73)15-23-54(44)82-50-11-4-2-7-40(50)43-26-33(14-22-53(43)82)38-19-17-36(57(65,66)67)29-48(38)61(77,78)79/h1-29H. The summed E-state index contributed by atoms with van der Waals surface area (Å²) in [5, 5.41) is 11.5. The monoisotopic (exact) mass is 1150 g/mol. The number of nitrogens with zero attached hydrogens (tertiary/aromatic N) is 3. The molecule has 11 rings (SSSR count). The highest BCUT2D eigenvalue weighted by Gasteiger charge is 2.43. The smallest absolute Gasteiger partial charge is 0.309 e. The highest BCUT2D eigenvalue weighted by Crippen LogP contribution is 2.50. The van der Waals surface area contributed by atoms with Crippen LogP contribution in [0.3, 0.4) is 0 Å². The average molecular weight is 1150 g/mol. The Kier molecular flexibility index (Phi) is 12.7. The highest BCUT2D eigenvalue weighted by molar-refractivity contribution is 6.13. The lowest BCUT2D eigenvalue weighted by atomic mass is 9.90. The average Bonchev–Trinajstić information content (AvgIpc) is 2.18. The third kappa shape index (κ3) is 9.48. The fraction of sp³-hybridized carbons (Fsp3) is 0.0984. The topological polar surface area (TPSA) is 33.6 Å². The summed E-state index contributed by atoms with van der Waals surface area (Å²) in [6.45, 7) is 0. The van der Waals surface area contributed by atoms with E-state index >= 15 is 0 Å². The zero-order valence-electron chi connectivity index (χ0n) is 40.9. The lowest BCUT2D eigenvalue weighted by molar-refractivity contribution is -0.144. The minimum Gasteiger partial charge on any atom is -0.309 e. The van der Waals surface area contributed by atoms with E-state index in [1.807, 2.05) is 6.07 Å². The van der Waals surface area contributed by atoms with Crippen LogP contribution in [0, 0.1) is 11.3 Å². The molecule has 0 bridgehead atoms. The Hall–Kier alpha value is -9.19. The molecule has 82 heavy (non-hydrogen) atoms. The predicted molar refractivity (Wildman–Crippen MR) is 272 cm³/mol. The Balaban J connectivity index is 1.22. The third-order valence-corrected chi connectivity index (χ3v) is 14.1. The lowest BCUT2D eigenvalue weighted by Gasteiger charge is -2.22. The van der Waals surface area contributed by atoms with Crippen LogP contribution in [0.15, 0.2) is 176 Å². The first-order valence-corrected chi connectivity index (χ1v) is 24.0. The van der Waals surface area contributed by atoms with E-state index in [-0.39, 0.29) is 78.6 Å². The Morgan fingerprint density at radius 3 is 1.10 bits per heavy atom. The second-order valence-electron chi connectivity index (χ2n) is 19.0. The fourth-order valence-electron chi connectivity index (χ4n) is 10.7. The van der Waals surface area contributed by atoms with Crippen LogP contribution in [-0.4, -0.2) is 9.13 Å². The zero-order chi connectivity index (χ0) is 58.8. The van der Waals surface area contributed by atoms with Crippen LogP contribution in [0.1, 0.15) is 38.9 Å². The Bertz CT molecular complexity index is 4410. The van der Waals surface area contributed by atoms with Gasteiger partial charge in [0.1, 0.15) is 0 Å². The van der Waals surface area contributed by atoms with Gasteiger partial charge in [-0.2, -0.15) is 84.3 Å². The molecule has 21 heteroatoms. The minimum absolute atomic E-state index is 0.00682. The molecule has 0 fully saturated rings. The van der Waals surface area contributed by atoms with Gasteiger partial charge < -0.3 is 9.13 Å². The first-order chi connectivity index (χ1) is 38.4. The number of halogens is 18. The van der Waals surface area contributed by atoms with Crippen molar-refractivity contribution < 1.29 is 79.0 Å². The summed E-state index contributed by atoms with van der Waals surface area (Å²) in [6.07, 6.45) is -31.6. The third-order valence-electron chi connectivity index (χ3n) is 14.1. The lowest BCUT2D eigenvalue weighted by Crippen LogP contribution is -2.14. The molecule has 0 N–H and O–H groups in total. The molecule has 0 aliphatic rings. The summed E-state index contributed by atoms with van der Waals surface area (Å²) in [7, 11) is 0. The van der Waals surface area contributed by atoms with E-state index in [1.165, 1.54) is 65.2 Å². The van der Waals surface area contributed by atoms with E-state index in [2.05, 4.69) is 0 Å². The predicted octanol–water partition coefficient (Wildman–Crippen LogP) is 20.5. The largest absolute Gasteiger partial charge is 0.417 e. The molecule has 11 aromatic rings. The van der Waals surface area contributed by atoms with Gasteiger partial charge in [-0.15, -0.1) is 0 Å². The molecule has 0 radical (unpaired) electrons. The zero-order valence-corrected chi connectivity index (χ0v) is 40.9. The van der Waals surface area contributed by atoms with Gasteiger partial charge in [0.05, 0.1) is 78.5 Å². The quantitative estimate of drug-likeness (QED) is 0.153. The number of hydrogen-bond donors (Lipinski definition) is 0. The summed E-state index contributed by atoms with van der Waals surface area (Å²) >= 11 is 0. The van der Waals surface area contributed by atoms with Crippen molar-refractivity contribution in [2.24, 2.45) is 0 Å². The first kappa shape index (κ1) is 54.8. The van der Waals surface area contributed by atoms with Gasteiger partial charge in [0.15, 0.2) is 0 Å². The SMILES string of the molecule is N#Cc1ccc(-n2c3ccccc3c3cc(-c4ccc(C(F)(F)F)cc4C(F)(F)F)ccc32)c(-c2cc(-c3c(C(F)(F)F)cccc3C(F)(F)F)ccc2-n2c3ccccc3c3cc(-c4ccc(C(F)(F)F)cc4C(F)(F)F)ccc32)c1. The van der Waals surface area contributed by atoms with Crippen LogP contribution in [0.5, 0.6) is 0 Å². The van der Waals surface area contributed by atoms with Crippen LogP contribution in [0.2, 0.25) is 0 Å². The summed E-state index contributed by atoms with van der Waals surface area (Å²) in [6, 6.07) is 33.3. The molecule has 0 aliphatic carbocycles. The Labute approximate surface area is 449 Å². The maximum Gasteiger partial charge on any atom is 0.417 e. The van der Waals surface area contributed by atoms with Crippen LogP contribution >= 0.6 is 0 Å². The van der Waals surface area contributed by atoms with Crippen molar-refractivity contribution in [3.8, 4) is 62.0 Å². The molecule has 0 spiro atoms. The first-order valence-electron chi connectivity index (χ1n) is 24.0. The number of nitriles is 1. The van der Waals surface area contributed by atoms with Gasteiger partial charge in [-0.3, -0.25) is 0 Å². The maximum atomic E-state index is 15.0. The summed E-state index contributed by atoms with van der Waals surface area (Å²) < 4.78 is 263. The van der Waals surface area contributed by atoms with Gasteiger partial charge in [0.25, 0.3) is 0 Å². The summed E-state index contributed by atoms with van der Waals surface area (Å²) in [4.78, 5) is 0. The van der Waals surface area contributed by atoms with Crippen molar-refractivity contribution in [1.82, 2.24) is 9.13 Å². The van der Waals surface area contributed by atoms with Gasteiger partial charge in [0, 0.05) is 38.2 Å². The fourth-order valence-corrected chi connectivity index (χ4v) is 10.7. The Morgan fingerprint density at radius 2 is 0.683 bits per heavy atom. The van der Waals surface area contributed by atoms with Crippen molar-refractivity contribution >= 4 is 43.6 Å². The molecule has 0 amide bonds. The Morgan fingerprint density at radius 1 is 0.293 bits per heavy atom. The number of alkyl halides is 18. The number of aromatic nitrogens is 2. The van der Waals surface area contributed by atoms with E-state index in [1.54, 1.807) is 53.1 Å².